The maximum Gasteiger partial charge on any atom is 0.392 e. The molecule has 0 aromatic rings. The van der Waals surface area contributed by atoms with Crippen LogP contribution in [0.2, 0.25) is 0 Å². The minimum Gasteiger partial charge on any atom is -0.466 e. The molecule has 7 heteroatoms. The van der Waals surface area contributed by atoms with E-state index in [4.69, 9.17) is 0 Å². The fraction of sp³-hybridized carbons (Fsp3) is 0.615. The zero-order valence-electron chi connectivity index (χ0n) is 11.1. The van der Waals surface area contributed by atoms with Crippen LogP contribution in [0.4, 0.5) is 13.2 Å². The molecule has 1 rings (SSSR count). The number of halogens is 3. The highest BCUT2D eigenvalue weighted by atomic mass is 19.4. The van der Waals surface area contributed by atoms with E-state index in [2.05, 4.69) is 9.73 Å². The van der Waals surface area contributed by atoms with Gasteiger partial charge in [-0.05, 0) is 19.8 Å². The molecule has 0 bridgehead atoms. The Morgan fingerprint density at radius 1 is 1.40 bits per heavy atom. The Hall–Kier alpha value is -1.66. The summed E-state index contributed by atoms with van der Waals surface area (Å²) in [4.78, 5) is 26.7. The summed E-state index contributed by atoms with van der Waals surface area (Å²) in [7, 11) is 0. The Labute approximate surface area is 114 Å². The van der Waals surface area contributed by atoms with Crippen LogP contribution in [0.25, 0.3) is 0 Å². The first-order valence-electron chi connectivity index (χ1n) is 6.31. The number of carbonyl (C=O) groups excluding carboxylic acids is 2. The number of carbonyl (C=O) groups is 2. The van der Waals surface area contributed by atoms with Crippen LogP contribution in [-0.2, 0) is 14.3 Å². The number of nitrogens with zero attached hydrogens (tertiary/aromatic N) is 1. The lowest BCUT2D eigenvalue weighted by atomic mass is 9.94. The molecule has 0 amide bonds. The number of ether oxygens (including phenoxy) is 1. The zero-order valence-corrected chi connectivity index (χ0v) is 11.1. The van der Waals surface area contributed by atoms with Crippen molar-refractivity contribution < 1.29 is 27.5 Å². The molecule has 0 unspecified atom stereocenters. The number of alkyl halides is 3. The van der Waals surface area contributed by atoms with Gasteiger partial charge in [-0.25, -0.2) is 0 Å². The molecule has 0 fully saturated rings. The van der Waals surface area contributed by atoms with Crippen LogP contribution in [0.5, 0.6) is 0 Å². The Balaban J connectivity index is 2.70. The van der Waals surface area contributed by atoms with E-state index >= 15 is 0 Å². The second-order valence-corrected chi connectivity index (χ2v) is 4.37. The summed E-state index contributed by atoms with van der Waals surface area (Å²) in [5, 5.41) is 0. The standard InChI is InChI=1S/C13H16F3NO3/c1-2-20-12(19)8-9(13(14,15)16)7-11(18)10-5-3-4-6-17-10/h4,6,9H,2-3,5,7-8H2,1H3/t9-/m0/s1. The van der Waals surface area contributed by atoms with Crippen LogP contribution < -0.4 is 0 Å². The van der Waals surface area contributed by atoms with Gasteiger partial charge in [0.25, 0.3) is 0 Å². The molecule has 0 radical (unpaired) electrons. The van der Waals surface area contributed by atoms with Gasteiger partial charge in [0.15, 0.2) is 5.78 Å². The number of allylic oxidation sites excluding steroid dienone is 1. The molecule has 0 N–H and O–H groups in total. The van der Waals surface area contributed by atoms with Gasteiger partial charge in [-0.3, -0.25) is 14.6 Å². The number of hydrogen-bond donors (Lipinski definition) is 0. The van der Waals surface area contributed by atoms with Crippen molar-refractivity contribution in [1.82, 2.24) is 0 Å². The molecule has 1 aliphatic rings. The summed E-state index contributed by atoms with van der Waals surface area (Å²) in [5.74, 6) is -3.64. The molecule has 0 aromatic carbocycles. The van der Waals surface area contributed by atoms with Gasteiger partial charge in [0, 0.05) is 12.6 Å². The van der Waals surface area contributed by atoms with Gasteiger partial charge in [-0.2, -0.15) is 13.2 Å². The third-order valence-electron chi connectivity index (χ3n) is 2.82. The largest absolute Gasteiger partial charge is 0.466 e. The lowest BCUT2D eigenvalue weighted by Crippen LogP contribution is -2.31. The summed E-state index contributed by atoms with van der Waals surface area (Å²) in [5.41, 5.74) is 0.130. The summed E-state index contributed by atoms with van der Waals surface area (Å²) in [6.45, 7) is 1.52. The second kappa shape index (κ2) is 7.21. The van der Waals surface area contributed by atoms with E-state index in [0.29, 0.717) is 12.8 Å². The van der Waals surface area contributed by atoms with Crippen molar-refractivity contribution in [3.05, 3.63) is 12.3 Å². The molecular formula is C13H16F3NO3. The van der Waals surface area contributed by atoms with Crippen molar-refractivity contribution in [2.45, 2.75) is 38.8 Å². The van der Waals surface area contributed by atoms with Crippen molar-refractivity contribution in [2.24, 2.45) is 10.9 Å². The number of ketones is 1. The Kier molecular flexibility index (Phi) is 5.91. The van der Waals surface area contributed by atoms with E-state index in [1.54, 1.807) is 6.08 Å². The fourth-order valence-electron chi connectivity index (χ4n) is 1.78. The highest BCUT2D eigenvalue weighted by molar-refractivity contribution is 6.40. The SMILES string of the molecule is CCOC(=O)C[C@H](CC(=O)C1=NC=CCC1)C(F)(F)F. The van der Waals surface area contributed by atoms with Gasteiger partial charge in [0.2, 0.25) is 0 Å². The number of Topliss-reactive ketones (excluding diaryl/α,β-unsaturated/α-hetero) is 1. The van der Waals surface area contributed by atoms with Crippen molar-refractivity contribution in [2.75, 3.05) is 6.61 Å². The van der Waals surface area contributed by atoms with E-state index in [9.17, 15) is 22.8 Å². The van der Waals surface area contributed by atoms with E-state index in [-0.39, 0.29) is 12.3 Å². The van der Waals surface area contributed by atoms with Gasteiger partial charge >= 0.3 is 12.1 Å². The predicted molar refractivity (Wildman–Crippen MR) is 66.2 cm³/mol. The first-order valence-corrected chi connectivity index (χ1v) is 6.31. The number of esters is 1. The molecular weight excluding hydrogens is 275 g/mol. The molecule has 1 atom stereocenters. The Morgan fingerprint density at radius 3 is 2.60 bits per heavy atom. The maximum absolute atomic E-state index is 12.8. The van der Waals surface area contributed by atoms with Crippen LogP contribution in [0.15, 0.2) is 17.3 Å². The number of rotatable bonds is 6. The summed E-state index contributed by atoms with van der Waals surface area (Å²) < 4.78 is 43.0. The first kappa shape index (κ1) is 16.4. The van der Waals surface area contributed by atoms with Gasteiger partial charge in [-0.15, -0.1) is 0 Å². The summed E-state index contributed by atoms with van der Waals surface area (Å²) >= 11 is 0. The average Bonchev–Trinajstić information content (AvgIpc) is 2.38. The quantitative estimate of drug-likeness (QED) is 0.707. The van der Waals surface area contributed by atoms with Gasteiger partial charge in [0.1, 0.15) is 0 Å². The zero-order chi connectivity index (χ0) is 15.2. The van der Waals surface area contributed by atoms with Gasteiger partial charge in [0.05, 0.1) is 24.7 Å². The molecule has 0 saturated carbocycles. The minimum atomic E-state index is -4.62. The molecule has 0 aliphatic carbocycles. The fourth-order valence-corrected chi connectivity index (χ4v) is 1.78. The number of aliphatic imine (C=N–C) groups is 1. The Morgan fingerprint density at radius 2 is 2.10 bits per heavy atom. The summed E-state index contributed by atoms with van der Waals surface area (Å²) in [6, 6.07) is 0. The smallest absolute Gasteiger partial charge is 0.392 e. The van der Waals surface area contributed by atoms with Crippen LogP contribution >= 0.6 is 0 Å². The third kappa shape index (κ3) is 5.14. The highest BCUT2D eigenvalue weighted by Crippen LogP contribution is 2.32. The molecule has 1 heterocycles. The molecule has 112 valence electrons. The van der Waals surface area contributed by atoms with E-state index in [1.807, 2.05) is 0 Å². The van der Waals surface area contributed by atoms with Crippen LogP contribution in [0.1, 0.15) is 32.6 Å². The lowest BCUT2D eigenvalue weighted by molar-refractivity contribution is -0.186. The minimum absolute atomic E-state index is 0.00879. The number of hydrogen-bond acceptors (Lipinski definition) is 4. The van der Waals surface area contributed by atoms with Gasteiger partial charge in [-0.1, -0.05) is 6.08 Å². The topological polar surface area (TPSA) is 55.7 Å². The monoisotopic (exact) mass is 291 g/mol. The summed E-state index contributed by atoms with van der Waals surface area (Å²) in [6.07, 6.45) is -2.17. The van der Waals surface area contributed by atoms with Gasteiger partial charge < -0.3 is 4.74 Å². The van der Waals surface area contributed by atoms with Crippen molar-refractivity contribution >= 4 is 17.5 Å². The highest BCUT2D eigenvalue weighted by Gasteiger charge is 2.42. The van der Waals surface area contributed by atoms with Crippen molar-refractivity contribution in [3.8, 4) is 0 Å². The van der Waals surface area contributed by atoms with Crippen LogP contribution in [-0.4, -0.2) is 30.2 Å². The molecule has 4 nitrogen and oxygen atoms in total. The lowest BCUT2D eigenvalue weighted by Gasteiger charge is -2.19. The third-order valence-corrected chi connectivity index (χ3v) is 2.82. The van der Waals surface area contributed by atoms with E-state index < -0.39 is 36.7 Å². The second-order valence-electron chi connectivity index (χ2n) is 4.37. The van der Waals surface area contributed by atoms with E-state index in [0.717, 1.165) is 0 Å². The Bertz CT molecular complexity index is 427. The van der Waals surface area contributed by atoms with Crippen LogP contribution in [0, 0.1) is 5.92 Å². The van der Waals surface area contributed by atoms with Crippen molar-refractivity contribution in [1.29, 1.82) is 0 Å². The first-order chi connectivity index (χ1) is 9.34. The molecule has 0 saturated heterocycles. The van der Waals surface area contributed by atoms with E-state index in [1.165, 1.54) is 13.1 Å². The molecule has 20 heavy (non-hydrogen) atoms. The maximum atomic E-state index is 12.8. The molecule has 1 aliphatic heterocycles. The predicted octanol–water partition coefficient (Wildman–Crippen LogP) is 2.83. The van der Waals surface area contributed by atoms with Crippen molar-refractivity contribution in [3.63, 3.8) is 0 Å². The molecule has 0 spiro atoms. The van der Waals surface area contributed by atoms with Crippen LogP contribution in [0.3, 0.4) is 0 Å². The normalized spacial score (nSPS) is 16.5. The molecule has 0 aromatic heterocycles. The average molecular weight is 291 g/mol.